The second kappa shape index (κ2) is 6.41. The van der Waals surface area contributed by atoms with Crippen molar-refractivity contribution in [3.05, 3.63) is 29.8 Å². The Balaban J connectivity index is 2.75. The summed E-state index contributed by atoms with van der Waals surface area (Å²) in [5, 5.41) is 11.7. The molecule has 0 aliphatic heterocycles. The summed E-state index contributed by atoms with van der Waals surface area (Å²) in [6.45, 7) is 6.03. The number of carboxylic acid groups (broad SMARTS) is 1. The van der Waals surface area contributed by atoms with Gasteiger partial charge < -0.3 is 16.2 Å². The van der Waals surface area contributed by atoms with Crippen LogP contribution < -0.4 is 11.1 Å². The number of aliphatic carboxylic acids is 1. The normalized spacial score (nSPS) is 12.8. The maximum absolute atomic E-state index is 12.1. The molecule has 1 aromatic rings. The molecule has 0 aliphatic carbocycles. The molecule has 5 nitrogen and oxygen atoms in total. The third kappa shape index (κ3) is 5.73. The third-order valence-corrected chi connectivity index (χ3v) is 2.79. The number of nitrogen functional groups attached to an aromatic ring is 1. The summed E-state index contributed by atoms with van der Waals surface area (Å²) in [5.41, 5.74) is 6.56. The van der Waals surface area contributed by atoms with E-state index in [2.05, 4.69) is 5.32 Å². The zero-order valence-electron chi connectivity index (χ0n) is 12.1. The first-order valence-corrected chi connectivity index (χ1v) is 6.55. The standard InChI is InChI=1S/C15H22N2O3/c1-15(2,3)9-12(8-13(18)19)17-14(20)10-4-6-11(16)7-5-10/h4-7,12H,8-9,16H2,1-3H3,(H,17,20)(H,18,19). The van der Waals surface area contributed by atoms with E-state index in [4.69, 9.17) is 10.8 Å². The lowest BCUT2D eigenvalue weighted by Crippen LogP contribution is -2.39. The Morgan fingerprint density at radius 3 is 2.25 bits per heavy atom. The molecular formula is C15H22N2O3. The highest BCUT2D eigenvalue weighted by Gasteiger charge is 2.23. The first-order chi connectivity index (χ1) is 9.17. The van der Waals surface area contributed by atoms with Crippen LogP contribution >= 0.6 is 0 Å². The van der Waals surface area contributed by atoms with Gasteiger partial charge in [0, 0.05) is 17.3 Å². The Morgan fingerprint density at radius 2 is 1.80 bits per heavy atom. The van der Waals surface area contributed by atoms with Crippen molar-refractivity contribution in [1.29, 1.82) is 0 Å². The van der Waals surface area contributed by atoms with Gasteiger partial charge in [0.05, 0.1) is 6.42 Å². The average molecular weight is 278 g/mol. The van der Waals surface area contributed by atoms with Crippen LogP contribution in [0.4, 0.5) is 5.69 Å². The van der Waals surface area contributed by atoms with Crippen LogP contribution in [0.25, 0.3) is 0 Å². The van der Waals surface area contributed by atoms with E-state index < -0.39 is 12.0 Å². The molecule has 0 heterocycles. The number of benzene rings is 1. The van der Waals surface area contributed by atoms with E-state index >= 15 is 0 Å². The van der Waals surface area contributed by atoms with Gasteiger partial charge in [-0.1, -0.05) is 20.8 Å². The number of carbonyl (C=O) groups excluding carboxylic acids is 1. The molecule has 0 bridgehead atoms. The quantitative estimate of drug-likeness (QED) is 0.720. The minimum atomic E-state index is -0.920. The van der Waals surface area contributed by atoms with Crippen LogP contribution in [0.15, 0.2) is 24.3 Å². The van der Waals surface area contributed by atoms with Gasteiger partial charge in [0.2, 0.25) is 0 Å². The van der Waals surface area contributed by atoms with Crippen LogP contribution in [0.2, 0.25) is 0 Å². The summed E-state index contributed by atoms with van der Waals surface area (Å²) in [6.07, 6.45) is 0.512. The highest BCUT2D eigenvalue weighted by molar-refractivity contribution is 5.94. The van der Waals surface area contributed by atoms with Crippen molar-refractivity contribution < 1.29 is 14.7 Å². The fraction of sp³-hybridized carbons (Fsp3) is 0.467. The number of hydrogen-bond acceptors (Lipinski definition) is 3. The molecule has 1 unspecified atom stereocenters. The van der Waals surface area contributed by atoms with Crippen molar-refractivity contribution in [3.63, 3.8) is 0 Å². The molecule has 0 radical (unpaired) electrons. The predicted octanol–water partition coefficient (Wildman–Crippen LogP) is 2.28. The van der Waals surface area contributed by atoms with Gasteiger partial charge in [-0.25, -0.2) is 0 Å². The van der Waals surface area contributed by atoms with Crippen molar-refractivity contribution in [2.45, 2.75) is 39.7 Å². The molecule has 1 rings (SSSR count). The number of anilines is 1. The molecule has 110 valence electrons. The zero-order chi connectivity index (χ0) is 15.3. The highest BCUT2D eigenvalue weighted by Crippen LogP contribution is 2.22. The van der Waals surface area contributed by atoms with Gasteiger partial charge >= 0.3 is 5.97 Å². The summed E-state index contributed by atoms with van der Waals surface area (Å²) in [4.78, 5) is 23.0. The summed E-state index contributed by atoms with van der Waals surface area (Å²) in [6, 6.07) is 6.15. The number of rotatable bonds is 5. The predicted molar refractivity (Wildman–Crippen MR) is 78.4 cm³/mol. The Labute approximate surface area is 119 Å². The van der Waals surface area contributed by atoms with Gasteiger partial charge in [-0.2, -0.15) is 0 Å². The van der Waals surface area contributed by atoms with Crippen molar-refractivity contribution in [1.82, 2.24) is 5.32 Å². The monoisotopic (exact) mass is 278 g/mol. The molecule has 0 saturated heterocycles. The minimum Gasteiger partial charge on any atom is -0.481 e. The van der Waals surface area contributed by atoms with E-state index in [9.17, 15) is 9.59 Å². The lowest BCUT2D eigenvalue weighted by Gasteiger charge is -2.25. The molecule has 0 aliphatic rings. The number of carboxylic acids is 1. The maximum Gasteiger partial charge on any atom is 0.305 e. The molecule has 0 saturated carbocycles. The van der Waals surface area contributed by atoms with E-state index in [1.54, 1.807) is 24.3 Å². The molecular weight excluding hydrogens is 256 g/mol. The van der Waals surface area contributed by atoms with Gasteiger partial charge in [-0.05, 0) is 36.1 Å². The van der Waals surface area contributed by atoms with E-state index in [0.29, 0.717) is 17.7 Å². The minimum absolute atomic E-state index is 0.0610. The fourth-order valence-corrected chi connectivity index (χ4v) is 2.03. The van der Waals surface area contributed by atoms with Crippen LogP contribution in [0.3, 0.4) is 0 Å². The maximum atomic E-state index is 12.1. The molecule has 0 aromatic heterocycles. The van der Waals surface area contributed by atoms with Gasteiger partial charge in [-0.15, -0.1) is 0 Å². The molecule has 1 amide bonds. The highest BCUT2D eigenvalue weighted by atomic mass is 16.4. The third-order valence-electron chi connectivity index (χ3n) is 2.79. The summed E-state index contributed by atoms with van der Waals surface area (Å²) in [7, 11) is 0. The first-order valence-electron chi connectivity index (χ1n) is 6.55. The number of carbonyl (C=O) groups is 2. The van der Waals surface area contributed by atoms with E-state index in [-0.39, 0.29) is 17.7 Å². The van der Waals surface area contributed by atoms with Crippen LogP contribution in [-0.2, 0) is 4.79 Å². The Hall–Kier alpha value is -2.04. The van der Waals surface area contributed by atoms with Crippen LogP contribution in [-0.4, -0.2) is 23.0 Å². The second-order valence-corrected chi connectivity index (χ2v) is 6.16. The van der Waals surface area contributed by atoms with Crippen LogP contribution in [0.5, 0.6) is 0 Å². The second-order valence-electron chi connectivity index (χ2n) is 6.16. The number of nitrogens with one attached hydrogen (secondary N) is 1. The Kier molecular flexibility index (Phi) is 5.13. The van der Waals surface area contributed by atoms with Crippen LogP contribution in [0.1, 0.15) is 44.0 Å². The smallest absolute Gasteiger partial charge is 0.305 e. The number of hydrogen-bond donors (Lipinski definition) is 3. The van der Waals surface area contributed by atoms with E-state index in [1.165, 1.54) is 0 Å². The molecule has 5 heteroatoms. The molecule has 0 spiro atoms. The van der Waals surface area contributed by atoms with Crippen molar-refractivity contribution in [2.75, 3.05) is 5.73 Å². The zero-order valence-corrected chi connectivity index (χ0v) is 12.1. The van der Waals surface area contributed by atoms with Gasteiger partial charge in [0.1, 0.15) is 0 Å². The summed E-state index contributed by atoms with van der Waals surface area (Å²) >= 11 is 0. The van der Waals surface area contributed by atoms with Gasteiger partial charge in [-0.3, -0.25) is 9.59 Å². The first kappa shape index (κ1) is 16.0. The van der Waals surface area contributed by atoms with Crippen molar-refractivity contribution in [3.8, 4) is 0 Å². The summed E-state index contributed by atoms with van der Waals surface area (Å²) in [5.74, 6) is -1.20. The average Bonchev–Trinajstić information content (AvgIpc) is 2.26. The Morgan fingerprint density at radius 1 is 1.25 bits per heavy atom. The van der Waals surface area contributed by atoms with Crippen LogP contribution in [0, 0.1) is 5.41 Å². The molecule has 1 atom stereocenters. The SMILES string of the molecule is CC(C)(C)CC(CC(=O)O)NC(=O)c1ccc(N)cc1. The topological polar surface area (TPSA) is 92.4 Å². The molecule has 4 N–H and O–H groups in total. The lowest BCUT2D eigenvalue weighted by molar-refractivity contribution is -0.137. The number of amides is 1. The largest absolute Gasteiger partial charge is 0.481 e. The summed E-state index contributed by atoms with van der Waals surface area (Å²) < 4.78 is 0. The van der Waals surface area contributed by atoms with E-state index in [0.717, 1.165) is 0 Å². The van der Waals surface area contributed by atoms with Crippen molar-refractivity contribution >= 4 is 17.6 Å². The number of nitrogens with two attached hydrogens (primary N) is 1. The molecule has 1 aromatic carbocycles. The van der Waals surface area contributed by atoms with Crippen molar-refractivity contribution in [2.24, 2.45) is 5.41 Å². The molecule has 0 fully saturated rings. The molecule has 20 heavy (non-hydrogen) atoms. The van der Waals surface area contributed by atoms with E-state index in [1.807, 2.05) is 20.8 Å². The lowest BCUT2D eigenvalue weighted by atomic mass is 9.87. The van der Waals surface area contributed by atoms with Gasteiger partial charge in [0.15, 0.2) is 0 Å². The van der Waals surface area contributed by atoms with Gasteiger partial charge in [0.25, 0.3) is 5.91 Å². The Bertz CT molecular complexity index is 475. The fourth-order valence-electron chi connectivity index (χ4n) is 2.03.